The first kappa shape index (κ1) is 12.8. The molecular formula is C16H20N2. The maximum absolute atomic E-state index is 6.14. The minimum Gasteiger partial charge on any atom is -0.323 e. The molecule has 0 spiro atoms. The minimum atomic E-state index is 0.0739. The predicted octanol–water partition coefficient (Wildman–Crippen LogP) is 2.92. The maximum Gasteiger partial charge on any atom is 0.0424 e. The van der Waals surface area contributed by atoms with E-state index in [0.29, 0.717) is 0 Å². The average Bonchev–Trinajstić information content (AvgIpc) is 2.39. The van der Waals surface area contributed by atoms with Gasteiger partial charge in [-0.2, -0.15) is 0 Å². The van der Waals surface area contributed by atoms with E-state index in [2.05, 4.69) is 53.4 Å². The highest BCUT2D eigenvalue weighted by Gasteiger charge is 2.07. The first-order chi connectivity index (χ1) is 8.66. The summed E-state index contributed by atoms with van der Waals surface area (Å²) in [6.45, 7) is 0.866. The number of likely N-dealkylation sites (N-methyl/N-ethyl adjacent to an activating group) is 1. The van der Waals surface area contributed by atoms with E-state index in [1.165, 1.54) is 16.7 Å². The summed E-state index contributed by atoms with van der Waals surface area (Å²) in [5, 5.41) is 0. The van der Waals surface area contributed by atoms with Crippen molar-refractivity contribution in [3.05, 3.63) is 60.2 Å². The number of nitrogens with two attached hydrogens (primary N) is 1. The molecular weight excluding hydrogens is 220 g/mol. The Morgan fingerprint density at radius 3 is 2.00 bits per heavy atom. The topological polar surface area (TPSA) is 29.3 Å². The molecule has 2 N–H and O–H groups in total. The SMILES string of the molecule is CN(C)CC(N)c1ccc(-c2ccccc2)cc1. The molecule has 0 fully saturated rings. The Labute approximate surface area is 109 Å². The van der Waals surface area contributed by atoms with Crippen LogP contribution in [0.5, 0.6) is 0 Å². The van der Waals surface area contributed by atoms with Crippen LogP contribution in [-0.2, 0) is 0 Å². The van der Waals surface area contributed by atoms with Crippen molar-refractivity contribution in [3.8, 4) is 11.1 Å². The van der Waals surface area contributed by atoms with Gasteiger partial charge in [-0.1, -0.05) is 54.6 Å². The van der Waals surface area contributed by atoms with Crippen molar-refractivity contribution < 1.29 is 0 Å². The number of rotatable bonds is 4. The zero-order valence-electron chi connectivity index (χ0n) is 11.0. The number of hydrogen-bond donors (Lipinski definition) is 1. The second-order valence-electron chi connectivity index (χ2n) is 4.86. The van der Waals surface area contributed by atoms with Gasteiger partial charge in [-0.3, -0.25) is 0 Å². The fourth-order valence-corrected chi connectivity index (χ4v) is 2.05. The third-order valence-electron chi connectivity index (χ3n) is 3.01. The lowest BCUT2D eigenvalue weighted by atomic mass is 10.0. The van der Waals surface area contributed by atoms with E-state index >= 15 is 0 Å². The van der Waals surface area contributed by atoms with E-state index < -0.39 is 0 Å². The quantitative estimate of drug-likeness (QED) is 0.890. The molecule has 0 aliphatic carbocycles. The maximum atomic E-state index is 6.14. The molecule has 0 bridgehead atoms. The lowest BCUT2D eigenvalue weighted by molar-refractivity contribution is 0.376. The second-order valence-corrected chi connectivity index (χ2v) is 4.86. The van der Waals surface area contributed by atoms with E-state index in [4.69, 9.17) is 5.73 Å². The molecule has 2 aromatic rings. The monoisotopic (exact) mass is 240 g/mol. The fraction of sp³-hybridized carbons (Fsp3) is 0.250. The molecule has 2 aromatic carbocycles. The minimum absolute atomic E-state index is 0.0739. The van der Waals surface area contributed by atoms with Crippen LogP contribution < -0.4 is 5.73 Å². The first-order valence-corrected chi connectivity index (χ1v) is 6.22. The van der Waals surface area contributed by atoms with Crippen molar-refractivity contribution in [2.75, 3.05) is 20.6 Å². The second kappa shape index (κ2) is 5.80. The molecule has 2 rings (SSSR count). The van der Waals surface area contributed by atoms with Gasteiger partial charge in [0.1, 0.15) is 0 Å². The van der Waals surface area contributed by atoms with E-state index in [-0.39, 0.29) is 6.04 Å². The highest BCUT2D eigenvalue weighted by Crippen LogP contribution is 2.21. The molecule has 2 heteroatoms. The molecule has 0 amide bonds. The van der Waals surface area contributed by atoms with Gasteiger partial charge in [0.15, 0.2) is 0 Å². The third-order valence-corrected chi connectivity index (χ3v) is 3.01. The van der Waals surface area contributed by atoms with Crippen molar-refractivity contribution in [2.45, 2.75) is 6.04 Å². The predicted molar refractivity (Wildman–Crippen MR) is 77.4 cm³/mol. The van der Waals surface area contributed by atoms with Crippen LogP contribution >= 0.6 is 0 Å². The number of benzene rings is 2. The first-order valence-electron chi connectivity index (χ1n) is 6.22. The summed E-state index contributed by atoms with van der Waals surface area (Å²) in [7, 11) is 4.08. The lowest BCUT2D eigenvalue weighted by Crippen LogP contribution is -2.25. The van der Waals surface area contributed by atoms with Crippen LogP contribution in [0.1, 0.15) is 11.6 Å². The van der Waals surface area contributed by atoms with E-state index in [0.717, 1.165) is 6.54 Å². The summed E-state index contributed by atoms with van der Waals surface area (Å²) in [6, 6.07) is 19.0. The van der Waals surface area contributed by atoms with E-state index in [1.807, 2.05) is 20.2 Å². The van der Waals surface area contributed by atoms with Gasteiger partial charge in [0.05, 0.1) is 0 Å². The standard InChI is InChI=1S/C16H20N2/c1-18(2)12-16(17)15-10-8-14(9-11-15)13-6-4-3-5-7-13/h3-11,16H,12,17H2,1-2H3. The lowest BCUT2D eigenvalue weighted by Gasteiger charge is -2.17. The van der Waals surface area contributed by atoms with Crippen LogP contribution in [-0.4, -0.2) is 25.5 Å². The molecule has 18 heavy (non-hydrogen) atoms. The molecule has 2 nitrogen and oxygen atoms in total. The summed E-state index contributed by atoms with van der Waals surface area (Å²) >= 11 is 0. The highest BCUT2D eigenvalue weighted by molar-refractivity contribution is 5.63. The Bertz CT molecular complexity index is 474. The van der Waals surface area contributed by atoms with Crippen molar-refractivity contribution >= 4 is 0 Å². The molecule has 0 saturated carbocycles. The van der Waals surface area contributed by atoms with Crippen LogP contribution in [0.2, 0.25) is 0 Å². The summed E-state index contributed by atoms with van der Waals surface area (Å²) in [5.74, 6) is 0. The van der Waals surface area contributed by atoms with Crippen LogP contribution in [0, 0.1) is 0 Å². The third kappa shape index (κ3) is 3.19. The summed E-state index contributed by atoms with van der Waals surface area (Å²) in [5.41, 5.74) is 9.80. The molecule has 1 atom stereocenters. The van der Waals surface area contributed by atoms with Gasteiger partial charge in [0.2, 0.25) is 0 Å². The number of nitrogens with zero attached hydrogens (tertiary/aromatic N) is 1. The van der Waals surface area contributed by atoms with Crippen molar-refractivity contribution in [3.63, 3.8) is 0 Å². The largest absolute Gasteiger partial charge is 0.323 e. The van der Waals surface area contributed by atoms with Gasteiger partial charge in [0, 0.05) is 12.6 Å². The Morgan fingerprint density at radius 1 is 0.889 bits per heavy atom. The summed E-state index contributed by atoms with van der Waals surface area (Å²) < 4.78 is 0. The molecule has 0 aromatic heterocycles. The van der Waals surface area contributed by atoms with Crippen LogP contribution in [0.3, 0.4) is 0 Å². The van der Waals surface area contributed by atoms with Crippen molar-refractivity contribution in [2.24, 2.45) is 5.73 Å². The van der Waals surface area contributed by atoms with Crippen LogP contribution in [0.25, 0.3) is 11.1 Å². The number of hydrogen-bond acceptors (Lipinski definition) is 2. The van der Waals surface area contributed by atoms with Gasteiger partial charge in [-0.05, 0) is 30.8 Å². The molecule has 0 aliphatic heterocycles. The van der Waals surface area contributed by atoms with Gasteiger partial charge < -0.3 is 10.6 Å². The fourth-order valence-electron chi connectivity index (χ4n) is 2.05. The zero-order valence-corrected chi connectivity index (χ0v) is 11.0. The molecule has 1 unspecified atom stereocenters. The normalized spacial score (nSPS) is 12.7. The summed E-state index contributed by atoms with van der Waals surface area (Å²) in [4.78, 5) is 2.11. The summed E-state index contributed by atoms with van der Waals surface area (Å²) in [6.07, 6.45) is 0. The molecule has 0 saturated heterocycles. The average molecular weight is 240 g/mol. The Hall–Kier alpha value is -1.64. The van der Waals surface area contributed by atoms with E-state index in [1.54, 1.807) is 0 Å². The van der Waals surface area contributed by atoms with Gasteiger partial charge in [0.25, 0.3) is 0 Å². The Morgan fingerprint density at radius 2 is 1.44 bits per heavy atom. The smallest absolute Gasteiger partial charge is 0.0424 e. The van der Waals surface area contributed by atoms with Crippen molar-refractivity contribution in [1.82, 2.24) is 4.90 Å². The zero-order chi connectivity index (χ0) is 13.0. The molecule has 0 radical (unpaired) electrons. The Kier molecular flexibility index (Phi) is 4.13. The van der Waals surface area contributed by atoms with Gasteiger partial charge in [-0.25, -0.2) is 0 Å². The molecule has 94 valence electrons. The van der Waals surface area contributed by atoms with Crippen LogP contribution in [0.15, 0.2) is 54.6 Å². The molecule has 0 aliphatic rings. The Balaban J connectivity index is 2.15. The molecule has 0 heterocycles. The van der Waals surface area contributed by atoms with Crippen LogP contribution in [0.4, 0.5) is 0 Å². The van der Waals surface area contributed by atoms with Crippen molar-refractivity contribution in [1.29, 1.82) is 0 Å². The van der Waals surface area contributed by atoms with Gasteiger partial charge in [-0.15, -0.1) is 0 Å². The van der Waals surface area contributed by atoms with E-state index in [9.17, 15) is 0 Å². The highest BCUT2D eigenvalue weighted by atomic mass is 15.1. The van der Waals surface area contributed by atoms with Gasteiger partial charge >= 0.3 is 0 Å².